The van der Waals surface area contributed by atoms with Crippen molar-refractivity contribution in [3.63, 3.8) is 0 Å². The molecule has 0 bridgehead atoms. The van der Waals surface area contributed by atoms with Crippen molar-refractivity contribution in [2.75, 3.05) is 6.61 Å². The monoisotopic (exact) mass is 686 g/mol. The molecule has 0 spiro atoms. The van der Waals surface area contributed by atoms with Crippen LogP contribution in [-0.2, 0) is 24.3 Å². The van der Waals surface area contributed by atoms with E-state index in [2.05, 4.69) is 20.3 Å². The van der Waals surface area contributed by atoms with Crippen LogP contribution in [0.25, 0.3) is 22.3 Å². The topological polar surface area (TPSA) is 152 Å². The molecule has 1 amide bonds. The highest BCUT2D eigenvalue weighted by molar-refractivity contribution is 6.31. The number of pyridine rings is 2. The second-order valence-corrected chi connectivity index (χ2v) is 12.4. The fourth-order valence-corrected chi connectivity index (χ4v) is 5.44. The maximum absolute atomic E-state index is 15.6. The smallest absolute Gasteiger partial charge is 0.335 e. The van der Waals surface area contributed by atoms with E-state index in [1.165, 1.54) is 30.5 Å². The van der Waals surface area contributed by atoms with Crippen molar-refractivity contribution in [2.24, 2.45) is 0 Å². The van der Waals surface area contributed by atoms with Gasteiger partial charge in [0.15, 0.2) is 0 Å². The number of rotatable bonds is 11. The van der Waals surface area contributed by atoms with Crippen LogP contribution in [0, 0.1) is 23.0 Å². The molecule has 1 aliphatic heterocycles. The Bertz CT molecular complexity index is 2140. The fraction of sp³-hybridized carbons (Fsp3) is 0.257. The summed E-state index contributed by atoms with van der Waals surface area (Å²) < 4.78 is 44.3. The highest BCUT2D eigenvalue weighted by Gasteiger charge is 2.24. The van der Waals surface area contributed by atoms with Crippen LogP contribution in [0.2, 0.25) is 5.02 Å². The molecule has 0 unspecified atom stereocenters. The highest BCUT2D eigenvalue weighted by Crippen LogP contribution is 2.29. The second kappa shape index (κ2) is 13.6. The van der Waals surface area contributed by atoms with Crippen LogP contribution in [0.15, 0.2) is 60.8 Å². The molecule has 3 aromatic heterocycles. The Kier molecular flexibility index (Phi) is 9.27. The Morgan fingerprint density at radius 1 is 1.14 bits per heavy atom. The molecule has 4 heterocycles. The first-order chi connectivity index (χ1) is 23.4. The Labute approximate surface area is 284 Å². The predicted octanol–water partition coefficient (Wildman–Crippen LogP) is 6.11. The molecular formula is C35H29ClF2N6O5. The lowest BCUT2D eigenvalue weighted by atomic mass is 10.0. The summed E-state index contributed by atoms with van der Waals surface area (Å²) in [6.07, 6.45) is 2.06. The number of nitrogens with zero attached hydrogens (tertiary/aromatic N) is 5. The van der Waals surface area contributed by atoms with Crippen LogP contribution < -0.4 is 10.1 Å². The average molecular weight is 687 g/mol. The van der Waals surface area contributed by atoms with Crippen LogP contribution in [0.1, 0.15) is 58.1 Å². The number of aromatic nitrogens is 4. The first-order valence-corrected chi connectivity index (χ1v) is 15.6. The minimum absolute atomic E-state index is 0.0232. The molecule has 0 radical (unpaired) electrons. The molecule has 49 heavy (non-hydrogen) atoms. The summed E-state index contributed by atoms with van der Waals surface area (Å²) >= 11 is 6.36. The van der Waals surface area contributed by atoms with E-state index in [9.17, 15) is 14.7 Å². The van der Waals surface area contributed by atoms with E-state index in [1.807, 2.05) is 6.07 Å². The summed E-state index contributed by atoms with van der Waals surface area (Å²) in [5, 5.41) is 21.4. The third kappa shape index (κ3) is 7.35. The Hall–Kier alpha value is -5.45. The predicted molar refractivity (Wildman–Crippen MR) is 174 cm³/mol. The van der Waals surface area contributed by atoms with Crippen molar-refractivity contribution in [1.82, 2.24) is 24.8 Å². The molecule has 250 valence electrons. The van der Waals surface area contributed by atoms with Gasteiger partial charge in [-0.25, -0.2) is 23.5 Å². The number of imidazole rings is 1. The van der Waals surface area contributed by atoms with E-state index in [0.29, 0.717) is 35.6 Å². The SMILES string of the molecule is CC(C)(C#N)NC(=O)c1cc(Cl)c(COc2cccc(-c3cc(F)c(Cc4nc5ccc(C(=O)O)cc5n4C[C@@H]4CCO4)cc3F)n2)cn1. The maximum atomic E-state index is 15.6. The van der Waals surface area contributed by atoms with E-state index < -0.39 is 29.0 Å². The zero-order valence-corrected chi connectivity index (χ0v) is 27.1. The first kappa shape index (κ1) is 33.5. The van der Waals surface area contributed by atoms with Crippen LogP contribution in [0.4, 0.5) is 8.78 Å². The molecule has 1 saturated heterocycles. The molecule has 1 fully saturated rings. The zero-order valence-electron chi connectivity index (χ0n) is 26.3. The number of benzene rings is 2. The molecule has 0 aliphatic carbocycles. The number of carbonyl (C=O) groups excluding carboxylic acids is 1. The van der Waals surface area contributed by atoms with Gasteiger partial charge >= 0.3 is 5.97 Å². The third-order valence-corrected chi connectivity index (χ3v) is 8.33. The quantitative estimate of drug-likeness (QED) is 0.168. The van der Waals surface area contributed by atoms with Crippen LogP contribution in [0.5, 0.6) is 5.88 Å². The van der Waals surface area contributed by atoms with Gasteiger partial charge in [0.05, 0.1) is 46.0 Å². The van der Waals surface area contributed by atoms with Crippen molar-refractivity contribution in [3.8, 4) is 23.2 Å². The van der Waals surface area contributed by atoms with Crippen LogP contribution >= 0.6 is 11.6 Å². The molecule has 5 aromatic rings. The number of hydrogen-bond donors (Lipinski definition) is 2. The Morgan fingerprint density at radius 3 is 2.63 bits per heavy atom. The third-order valence-electron chi connectivity index (χ3n) is 7.98. The number of amides is 1. The average Bonchev–Trinajstić information content (AvgIpc) is 3.39. The van der Waals surface area contributed by atoms with Gasteiger partial charge in [0.25, 0.3) is 5.91 Å². The van der Waals surface area contributed by atoms with Crippen LogP contribution in [-0.4, -0.2) is 54.8 Å². The lowest BCUT2D eigenvalue weighted by Gasteiger charge is -2.27. The zero-order chi connectivity index (χ0) is 34.9. The lowest BCUT2D eigenvalue weighted by molar-refractivity contribution is -0.0589. The Morgan fingerprint density at radius 2 is 1.94 bits per heavy atom. The maximum Gasteiger partial charge on any atom is 0.335 e. The van der Waals surface area contributed by atoms with Crippen molar-refractivity contribution in [1.29, 1.82) is 5.26 Å². The summed E-state index contributed by atoms with van der Waals surface area (Å²) in [6.45, 7) is 4.04. The van der Waals surface area contributed by atoms with Gasteiger partial charge in [-0.3, -0.25) is 9.78 Å². The van der Waals surface area contributed by atoms with E-state index >= 15 is 8.78 Å². The summed E-state index contributed by atoms with van der Waals surface area (Å²) in [7, 11) is 0. The van der Waals surface area contributed by atoms with Crippen molar-refractivity contribution in [2.45, 2.75) is 51.5 Å². The number of fused-ring (bicyclic) bond motifs is 1. The minimum atomic E-state index is -1.09. The molecule has 1 atom stereocenters. The van der Waals surface area contributed by atoms with Gasteiger partial charge in [0.1, 0.15) is 35.3 Å². The normalized spacial score (nSPS) is 14.2. The van der Waals surface area contributed by atoms with Gasteiger partial charge in [-0.15, -0.1) is 0 Å². The van der Waals surface area contributed by atoms with Crippen LogP contribution in [0.3, 0.4) is 0 Å². The van der Waals surface area contributed by atoms with Gasteiger partial charge in [-0.1, -0.05) is 17.7 Å². The number of nitriles is 1. The molecule has 1 aliphatic rings. The number of carboxylic acid groups (broad SMARTS) is 1. The molecule has 6 rings (SSSR count). The number of carboxylic acids is 1. The first-order valence-electron chi connectivity index (χ1n) is 15.2. The number of ether oxygens (including phenoxy) is 2. The molecule has 14 heteroatoms. The largest absolute Gasteiger partial charge is 0.478 e. The standard InChI is InChI=1S/C35H29ClF2N6O5/c1-35(2,18-39)43-33(45)29-14-24(36)21(15-40-29)17-49-32-5-3-4-27(42-32)23-13-25(37)20(10-26(23)38)12-31-41-28-7-6-19(34(46)47)11-30(28)44(31)16-22-8-9-48-22/h3-7,10-11,13-15,22H,8-9,12,16-17H2,1-2H3,(H,43,45)(H,46,47)/t22-/m0/s1. The number of aromatic carboxylic acids is 1. The number of carbonyl (C=O) groups is 2. The number of hydrogen-bond acceptors (Lipinski definition) is 8. The number of halogens is 3. The van der Waals surface area contributed by atoms with Gasteiger partial charge in [-0.2, -0.15) is 5.26 Å². The van der Waals surface area contributed by atoms with Gasteiger partial charge in [-0.05, 0) is 68.3 Å². The summed E-state index contributed by atoms with van der Waals surface area (Å²) in [6, 6.07) is 14.7. The van der Waals surface area contributed by atoms with E-state index in [0.717, 1.165) is 18.6 Å². The summed E-state index contributed by atoms with van der Waals surface area (Å²) in [5.74, 6) is -2.47. The minimum Gasteiger partial charge on any atom is -0.478 e. The van der Waals surface area contributed by atoms with Crippen molar-refractivity contribution >= 4 is 34.5 Å². The lowest BCUT2D eigenvalue weighted by Crippen LogP contribution is -2.42. The molecule has 2 aromatic carbocycles. The summed E-state index contributed by atoms with van der Waals surface area (Å²) in [5.41, 5.74) is 0.694. The number of nitrogens with one attached hydrogen (secondary N) is 1. The molecule has 2 N–H and O–H groups in total. The van der Waals surface area contributed by atoms with E-state index in [-0.39, 0.29) is 58.1 Å². The molecule has 0 saturated carbocycles. The second-order valence-electron chi connectivity index (χ2n) is 12.0. The van der Waals surface area contributed by atoms with Gasteiger partial charge in [0, 0.05) is 36.4 Å². The van der Waals surface area contributed by atoms with Crippen molar-refractivity contribution < 1.29 is 33.0 Å². The van der Waals surface area contributed by atoms with Gasteiger partial charge < -0.3 is 24.5 Å². The highest BCUT2D eigenvalue weighted by atomic mass is 35.5. The van der Waals surface area contributed by atoms with Crippen molar-refractivity contribution in [3.05, 3.63) is 106 Å². The summed E-state index contributed by atoms with van der Waals surface area (Å²) in [4.78, 5) is 37.1. The Balaban J connectivity index is 1.20. The van der Waals surface area contributed by atoms with Gasteiger partial charge in [0.2, 0.25) is 5.88 Å². The van der Waals surface area contributed by atoms with E-state index in [1.54, 1.807) is 36.6 Å². The fourth-order valence-electron chi connectivity index (χ4n) is 5.23. The van der Waals surface area contributed by atoms with E-state index in [4.69, 9.17) is 26.3 Å². The molecule has 11 nitrogen and oxygen atoms in total. The molecular weight excluding hydrogens is 658 g/mol.